The summed E-state index contributed by atoms with van der Waals surface area (Å²) < 4.78 is 6.55. The fourth-order valence-corrected chi connectivity index (χ4v) is 9.26. The van der Waals surface area contributed by atoms with Gasteiger partial charge in [-0.3, -0.25) is 4.79 Å². The Morgan fingerprint density at radius 1 is 1.13 bits per heavy atom. The molecular formula is C27H45O2Si. The first-order valence-corrected chi connectivity index (χ1v) is 15.1. The van der Waals surface area contributed by atoms with Crippen LogP contribution >= 0.6 is 0 Å². The molecule has 1 radical (unpaired) electrons. The maximum atomic E-state index is 12.3. The average molecular weight is 430 g/mol. The van der Waals surface area contributed by atoms with Crippen molar-refractivity contribution >= 4 is 14.8 Å². The van der Waals surface area contributed by atoms with Crippen molar-refractivity contribution in [3.8, 4) is 0 Å². The summed E-state index contributed by atoms with van der Waals surface area (Å²) in [5.74, 6) is 4.23. The number of hydrogen-bond acceptors (Lipinski definition) is 2. The summed E-state index contributed by atoms with van der Waals surface area (Å²) >= 11 is 0. The summed E-state index contributed by atoms with van der Waals surface area (Å²) in [6.45, 7) is 17.9. The van der Waals surface area contributed by atoms with Crippen molar-refractivity contribution in [2.75, 3.05) is 6.61 Å². The van der Waals surface area contributed by atoms with Crippen molar-refractivity contribution in [2.45, 2.75) is 99.1 Å². The number of fused-ring (bicyclic) bond motifs is 5. The van der Waals surface area contributed by atoms with Gasteiger partial charge in [0.1, 0.15) is 5.78 Å². The molecule has 4 aliphatic carbocycles. The fraction of sp³-hybridized carbons (Fsp3) is 0.889. The summed E-state index contributed by atoms with van der Waals surface area (Å²) in [7, 11) is -0.678. The predicted molar refractivity (Wildman–Crippen MR) is 127 cm³/mol. The van der Waals surface area contributed by atoms with E-state index in [1.54, 1.807) is 0 Å². The number of allylic oxidation sites excluding steroid dienone is 2. The third kappa shape index (κ3) is 3.51. The second-order valence-electron chi connectivity index (χ2n) is 12.7. The summed E-state index contributed by atoms with van der Waals surface area (Å²) in [5.41, 5.74) is 2.48. The number of ketones is 1. The van der Waals surface area contributed by atoms with E-state index in [9.17, 15) is 4.79 Å². The maximum absolute atomic E-state index is 12.3. The van der Waals surface area contributed by atoms with Crippen molar-refractivity contribution in [2.24, 2.45) is 45.8 Å². The molecule has 7 atom stereocenters. The van der Waals surface area contributed by atoms with E-state index in [0.29, 0.717) is 22.5 Å². The van der Waals surface area contributed by atoms with Gasteiger partial charge >= 0.3 is 0 Å². The fourth-order valence-electron chi connectivity index (χ4n) is 8.70. The van der Waals surface area contributed by atoms with Crippen LogP contribution in [0.15, 0.2) is 11.6 Å². The van der Waals surface area contributed by atoms with Crippen LogP contribution in [-0.2, 0) is 9.22 Å². The van der Waals surface area contributed by atoms with E-state index in [1.165, 1.54) is 37.7 Å². The average Bonchev–Trinajstić information content (AvgIpc) is 3.07. The Bertz CT molecular complexity index is 704. The van der Waals surface area contributed by atoms with Crippen LogP contribution in [0.5, 0.6) is 0 Å². The molecule has 2 nitrogen and oxygen atoms in total. The Morgan fingerprint density at radius 2 is 1.87 bits per heavy atom. The zero-order valence-corrected chi connectivity index (χ0v) is 21.6. The van der Waals surface area contributed by atoms with Crippen LogP contribution in [0.1, 0.15) is 86.0 Å². The van der Waals surface area contributed by atoms with E-state index < -0.39 is 9.04 Å². The van der Waals surface area contributed by atoms with Gasteiger partial charge in [0.2, 0.25) is 9.04 Å². The number of rotatable bonds is 4. The van der Waals surface area contributed by atoms with Gasteiger partial charge in [-0.1, -0.05) is 46.3 Å². The van der Waals surface area contributed by atoms with Gasteiger partial charge in [-0.2, -0.15) is 0 Å². The largest absolute Gasteiger partial charge is 0.417 e. The minimum atomic E-state index is -0.678. The van der Waals surface area contributed by atoms with E-state index in [-0.39, 0.29) is 5.41 Å². The number of hydrogen-bond donors (Lipinski definition) is 0. The first-order chi connectivity index (χ1) is 14.0. The highest BCUT2D eigenvalue weighted by Gasteiger charge is 2.63. The molecule has 4 rings (SSSR count). The smallest absolute Gasteiger partial charge is 0.204 e. The van der Waals surface area contributed by atoms with Crippen molar-refractivity contribution < 1.29 is 9.22 Å². The molecule has 3 fully saturated rings. The maximum Gasteiger partial charge on any atom is 0.204 e. The number of carbonyl (C=O) groups excluding carboxylic acids is 1. The number of carbonyl (C=O) groups is 1. The molecule has 3 heteroatoms. The summed E-state index contributed by atoms with van der Waals surface area (Å²) in [4.78, 5) is 12.3. The van der Waals surface area contributed by atoms with Crippen LogP contribution in [0.4, 0.5) is 0 Å². The van der Waals surface area contributed by atoms with Gasteiger partial charge in [0.05, 0.1) is 0 Å². The van der Waals surface area contributed by atoms with Crippen LogP contribution in [-0.4, -0.2) is 21.4 Å². The zero-order chi connectivity index (χ0) is 21.9. The lowest BCUT2D eigenvalue weighted by atomic mass is 9.44. The first kappa shape index (κ1) is 22.8. The lowest BCUT2D eigenvalue weighted by Crippen LogP contribution is -2.56. The molecule has 0 bridgehead atoms. The SMILES string of the molecule is CC[C@H]1C=C2CC(=O)CC[C@]2(C)[C@H]2CC[C@]3(CO[Si](C)C)[C@@H](C(C)(C)C)CC[C@H]3[C@H]12. The quantitative estimate of drug-likeness (QED) is 0.353. The minimum absolute atomic E-state index is 0.265. The van der Waals surface area contributed by atoms with E-state index in [2.05, 4.69) is 53.8 Å². The Balaban J connectivity index is 1.75. The lowest BCUT2D eigenvalue weighted by Gasteiger charge is -2.61. The third-order valence-corrected chi connectivity index (χ3v) is 10.7. The van der Waals surface area contributed by atoms with Crippen LogP contribution in [0, 0.1) is 45.8 Å². The normalized spacial score (nSPS) is 43.8. The van der Waals surface area contributed by atoms with Gasteiger partial charge in [-0.05, 0) is 97.5 Å². The van der Waals surface area contributed by atoms with Crippen molar-refractivity contribution in [1.29, 1.82) is 0 Å². The monoisotopic (exact) mass is 429 g/mol. The van der Waals surface area contributed by atoms with Gasteiger partial charge in [-0.15, -0.1) is 0 Å². The summed E-state index contributed by atoms with van der Waals surface area (Å²) in [6, 6.07) is 0. The molecule has 0 aromatic rings. The van der Waals surface area contributed by atoms with E-state index in [0.717, 1.165) is 49.5 Å². The molecule has 0 heterocycles. The Kier molecular flexibility index (Phi) is 5.97. The molecule has 0 aromatic heterocycles. The van der Waals surface area contributed by atoms with Crippen molar-refractivity contribution in [3.05, 3.63) is 11.6 Å². The van der Waals surface area contributed by atoms with Gasteiger partial charge < -0.3 is 4.43 Å². The van der Waals surface area contributed by atoms with Gasteiger partial charge in [0.25, 0.3) is 0 Å². The molecular weight excluding hydrogens is 384 g/mol. The van der Waals surface area contributed by atoms with Crippen LogP contribution in [0.3, 0.4) is 0 Å². The molecule has 0 amide bonds. The highest BCUT2D eigenvalue weighted by Crippen LogP contribution is 2.69. The molecule has 30 heavy (non-hydrogen) atoms. The first-order valence-electron chi connectivity index (χ1n) is 12.7. The predicted octanol–water partition coefficient (Wildman–Crippen LogP) is 7.06. The molecule has 169 valence electrons. The lowest BCUT2D eigenvalue weighted by molar-refractivity contribution is -0.126. The molecule has 4 aliphatic rings. The summed E-state index contributed by atoms with van der Waals surface area (Å²) in [6.07, 6.45) is 11.9. The molecule has 0 aromatic carbocycles. The zero-order valence-electron chi connectivity index (χ0n) is 20.6. The Morgan fingerprint density at radius 3 is 2.50 bits per heavy atom. The minimum Gasteiger partial charge on any atom is -0.417 e. The van der Waals surface area contributed by atoms with E-state index in [4.69, 9.17) is 4.43 Å². The van der Waals surface area contributed by atoms with E-state index in [1.807, 2.05) is 0 Å². The molecule has 0 spiro atoms. The molecule has 0 N–H and O–H groups in total. The van der Waals surface area contributed by atoms with Crippen LogP contribution in [0.2, 0.25) is 13.1 Å². The second-order valence-corrected chi connectivity index (χ2v) is 14.8. The Labute approximate surface area is 187 Å². The Hall–Kier alpha value is -0.413. The van der Waals surface area contributed by atoms with Gasteiger partial charge in [-0.25, -0.2) is 0 Å². The highest BCUT2D eigenvalue weighted by atomic mass is 28.3. The van der Waals surface area contributed by atoms with Crippen molar-refractivity contribution in [3.63, 3.8) is 0 Å². The summed E-state index contributed by atoms with van der Waals surface area (Å²) in [5, 5.41) is 0. The molecule has 0 saturated heterocycles. The third-order valence-electron chi connectivity index (χ3n) is 9.97. The molecule has 0 aliphatic heterocycles. The molecule has 0 unspecified atom stereocenters. The van der Waals surface area contributed by atoms with Crippen LogP contribution < -0.4 is 0 Å². The van der Waals surface area contributed by atoms with Crippen molar-refractivity contribution in [1.82, 2.24) is 0 Å². The van der Waals surface area contributed by atoms with Gasteiger partial charge in [0, 0.05) is 19.4 Å². The topological polar surface area (TPSA) is 26.3 Å². The van der Waals surface area contributed by atoms with E-state index >= 15 is 0 Å². The highest BCUT2D eigenvalue weighted by molar-refractivity contribution is 6.48. The van der Waals surface area contributed by atoms with Gasteiger partial charge in [0.15, 0.2) is 0 Å². The standard InChI is InChI=1S/C27H45O2Si/c1-8-18-15-19-16-20(28)11-13-26(19,5)21-12-14-27(17-29-30(6)7)22(24(18)21)9-10-23(27)25(2,3)4/h15,18,21-24H,8-14,16-17H2,1-7H3/t18-,21-,22-,23+,24+,26-,27+/m0/s1. The number of Topliss-reactive ketones (excluding diaryl/α,β-unsaturated/α-hetero) is 1. The van der Waals surface area contributed by atoms with Crippen LogP contribution in [0.25, 0.3) is 0 Å². The molecule has 3 saturated carbocycles. The second kappa shape index (κ2) is 7.87.